The fraction of sp³-hybridized carbons (Fsp3) is 0.143. The fourth-order valence-corrected chi connectivity index (χ4v) is 1.90. The molecule has 2 rings (SSSR count). The third-order valence-corrected chi connectivity index (χ3v) is 3.29. The van der Waals surface area contributed by atoms with E-state index in [0.717, 1.165) is 5.56 Å². The summed E-state index contributed by atoms with van der Waals surface area (Å²) in [5.41, 5.74) is 7.48. The van der Waals surface area contributed by atoms with Crippen molar-refractivity contribution in [3.05, 3.63) is 40.5 Å². The lowest BCUT2D eigenvalue weighted by molar-refractivity contribution is 0.0690. The summed E-state index contributed by atoms with van der Waals surface area (Å²) in [6, 6.07) is 6.26. The summed E-state index contributed by atoms with van der Waals surface area (Å²) in [5.74, 6) is -0.375. The number of pyridine rings is 1. The van der Waals surface area contributed by atoms with Crippen LogP contribution in [0.25, 0.3) is 0 Å². The maximum Gasteiger partial charge on any atom is 0.354 e. The highest BCUT2D eigenvalue weighted by molar-refractivity contribution is 6.31. The molecule has 1 aromatic carbocycles. The van der Waals surface area contributed by atoms with E-state index in [1.54, 1.807) is 12.1 Å². The zero-order chi connectivity index (χ0) is 15.6. The first kappa shape index (κ1) is 14.9. The molecule has 0 aliphatic carbocycles. The third-order valence-electron chi connectivity index (χ3n) is 2.88. The molecule has 4 N–H and O–H groups in total. The molecule has 0 unspecified atom stereocenters. The molecule has 0 saturated carbocycles. The second-order valence-corrected chi connectivity index (χ2v) is 4.77. The van der Waals surface area contributed by atoms with E-state index < -0.39 is 5.97 Å². The lowest BCUT2D eigenvalue weighted by Gasteiger charge is -2.14. The number of carbonyl (C=O) groups is 1. The van der Waals surface area contributed by atoms with Crippen molar-refractivity contribution < 1.29 is 14.6 Å². The van der Waals surface area contributed by atoms with Crippen molar-refractivity contribution >= 4 is 34.8 Å². The Kier molecular flexibility index (Phi) is 4.18. The quantitative estimate of drug-likeness (QED) is 0.803. The number of nitrogens with zero attached hydrogens (tertiary/aromatic N) is 1. The Morgan fingerprint density at radius 2 is 2.14 bits per heavy atom. The van der Waals surface area contributed by atoms with E-state index in [1.807, 2.05) is 6.92 Å². The van der Waals surface area contributed by atoms with Gasteiger partial charge in [0.1, 0.15) is 5.75 Å². The molecule has 1 aromatic heterocycles. The van der Waals surface area contributed by atoms with Crippen molar-refractivity contribution in [1.82, 2.24) is 4.98 Å². The normalized spacial score (nSPS) is 10.2. The van der Waals surface area contributed by atoms with Gasteiger partial charge in [0.2, 0.25) is 0 Å². The zero-order valence-corrected chi connectivity index (χ0v) is 12.2. The molecule has 0 fully saturated rings. The van der Waals surface area contributed by atoms with Crippen LogP contribution < -0.4 is 15.8 Å². The van der Waals surface area contributed by atoms with Crippen LogP contribution in [0.1, 0.15) is 16.1 Å². The summed E-state index contributed by atoms with van der Waals surface area (Å²) in [5, 5.41) is 12.5. The van der Waals surface area contributed by atoms with Gasteiger partial charge in [-0.25, -0.2) is 9.78 Å². The molecule has 0 spiro atoms. The number of ether oxygens (including phenoxy) is 1. The fourth-order valence-electron chi connectivity index (χ4n) is 1.75. The van der Waals surface area contributed by atoms with Crippen LogP contribution >= 0.6 is 11.6 Å². The van der Waals surface area contributed by atoms with E-state index in [-0.39, 0.29) is 11.5 Å². The molecule has 0 radical (unpaired) electrons. The van der Waals surface area contributed by atoms with Gasteiger partial charge in [0.05, 0.1) is 18.5 Å². The average molecular weight is 308 g/mol. The van der Waals surface area contributed by atoms with Crippen LogP contribution in [0, 0.1) is 6.92 Å². The number of aryl methyl sites for hydroxylation is 1. The number of benzene rings is 1. The van der Waals surface area contributed by atoms with E-state index in [9.17, 15) is 4.79 Å². The summed E-state index contributed by atoms with van der Waals surface area (Å²) in [4.78, 5) is 14.9. The second-order valence-electron chi connectivity index (χ2n) is 4.37. The molecule has 21 heavy (non-hydrogen) atoms. The number of rotatable bonds is 4. The zero-order valence-electron chi connectivity index (χ0n) is 11.5. The molecule has 7 heteroatoms. The van der Waals surface area contributed by atoms with Crippen molar-refractivity contribution in [3.63, 3.8) is 0 Å². The molecule has 1 heterocycles. The summed E-state index contributed by atoms with van der Waals surface area (Å²) in [6.07, 6.45) is 0. The topological polar surface area (TPSA) is 97.5 Å². The smallest absolute Gasteiger partial charge is 0.354 e. The predicted molar refractivity (Wildman–Crippen MR) is 81.6 cm³/mol. The number of aromatic nitrogens is 1. The minimum absolute atomic E-state index is 0.101. The maximum absolute atomic E-state index is 11.0. The Hall–Kier alpha value is -2.47. The molecular weight excluding hydrogens is 294 g/mol. The van der Waals surface area contributed by atoms with Gasteiger partial charge in [0, 0.05) is 11.1 Å². The molecule has 0 aliphatic rings. The molecule has 0 atom stereocenters. The van der Waals surface area contributed by atoms with E-state index in [2.05, 4.69) is 10.3 Å². The third kappa shape index (κ3) is 3.17. The molecular formula is C14H14ClN3O3. The number of hydrogen-bond acceptors (Lipinski definition) is 5. The van der Waals surface area contributed by atoms with Crippen molar-refractivity contribution in [2.75, 3.05) is 18.2 Å². The SMILES string of the molecule is COc1cc(Cl)c(C)cc1Nc1nc(C(=O)O)ccc1N. The minimum Gasteiger partial charge on any atom is -0.495 e. The first-order valence-corrected chi connectivity index (χ1v) is 6.41. The summed E-state index contributed by atoms with van der Waals surface area (Å²) in [6.45, 7) is 1.84. The molecule has 110 valence electrons. The van der Waals surface area contributed by atoms with Crippen LogP contribution in [0.15, 0.2) is 24.3 Å². The molecule has 2 aromatic rings. The standard InChI is InChI=1S/C14H14ClN3O3/c1-7-5-11(12(21-2)6-8(7)15)18-13-9(16)3-4-10(17-13)14(19)20/h3-6H,16H2,1-2H3,(H,17,18)(H,19,20). The van der Waals surface area contributed by atoms with Crippen LogP contribution in [0.2, 0.25) is 5.02 Å². The Morgan fingerprint density at radius 3 is 2.76 bits per heavy atom. The molecule has 0 aliphatic heterocycles. The Bertz CT molecular complexity index is 704. The number of nitrogens with one attached hydrogen (secondary N) is 1. The predicted octanol–water partition coefficient (Wildman–Crippen LogP) is 3.08. The maximum atomic E-state index is 11.0. The van der Waals surface area contributed by atoms with Gasteiger partial charge in [0.25, 0.3) is 0 Å². The lowest BCUT2D eigenvalue weighted by atomic mass is 10.2. The van der Waals surface area contributed by atoms with Gasteiger partial charge in [-0.05, 0) is 30.7 Å². The molecule has 0 bridgehead atoms. The summed E-state index contributed by atoms with van der Waals surface area (Å²) >= 11 is 6.04. The Balaban J connectivity index is 2.44. The van der Waals surface area contributed by atoms with Gasteiger partial charge in [-0.15, -0.1) is 0 Å². The second kappa shape index (κ2) is 5.88. The van der Waals surface area contributed by atoms with Crippen molar-refractivity contribution in [1.29, 1.82) is 0 Å². The summed E-state index contributed by atoms with van der Waals surface area (Å²) < 4.78 is 5.24. The first-order chi connectivity index (χ1) is 9.92. The molecule has 0 saturated heterocycles. The number of hydrogen-bond donors (Lipinski definition) is 3. The van der Waals surface area contributed by atoms with Gasteiger partial charge >= 0.3 is 5.97 Å². The number of anilines is 3. The number of carboxylic acids is 1. The van der Waals surface area contributed by atoms with Gasteiger partial charge in [0.15, 0.2) is 11.5 Å². The van der Waals surface area contributed by atoms with Crippen LogP contribution in [-0.4, -0.2) is 23.2 Å². The monoisotopic (exact) mass is 307 g/mol. The Labute approximate surface area is 126 Å². The number of nitrogen functional groups attached to an aromatic ring is 1. The number of halogens is 1. The van der Waals surface area contributed by atoms with E-state index in [1.165, 1.54) is 19.2 Å². The van der Waals surface area contributed by atoms with Crippen LogP contribution in [0.3, 0.4) is 0 Å². The van der Waals surface area contributed by atoms with Gasteiger partial charge in [-0.3, -0.25) is 0 Å². The van der Waals surface area contributed by atoms with Crippen molar-refractivity contribution in [2.24, 2.45) is 0 Å². The average Bonchev–Trinajstić information content (AvgIpc) is 2.44. The highest BCUT2D eigenvalue weighted by atomic mass is 35.5. The number of methoxy groups -OCH3 is 1. The first-order valence-electron chi connectivity index (χ1n) is 6.03. The molecule has 0 amide bonds. The van der Waals surface area contributed by atoms with E-state index in [0.29, 0.717) is 22.1 Å². The number of carboxylic acid groups (broad SMARTS) is 1. The number of nitrogens with two attached hydrogens (primary N) is 1. The van der Waals surface area contributed by atoms with Gasteiger partial charge < -0.3 is 20.9 Å². The lowest BCUT2D eigenvalue weighted by Crippen LogP contribution is -2.06. The number of aromatic carboxylic acids is 1. The highest BCUT2D eigenvalue weighted by Gasteiger charge is 2.12. The molecule has 6 nitrogen and oxygen atoms in total. The minimum atomic E-state index is -1.13. The highest BCUT2D eigenvalue weighted by Crippen LogP contribution is 2.33. The van der Waals surface area contributed by atoms with Crippen LogP contribution in [-0.2, 0) is 0 Å². The van der Waals surface area contributed by atoms with Crippen LogP contribution in [0.4, 0.5) is 17.2 Å². The summed E-state index contributed by atoms with van der Waals surface area (Å²) in [7, 11) is 1.51. The van der Waals surface area contributed by atoms with Gasteiger partial charge in [-0.2, -0.15) is 0 Å². The largest absolute Gasteiger partial charge is 0.495 e. The van der Waals surface area contributed by atoms with E-state index in [4.69, 9.17) is 27.2 Å². The van der Waals surface area contributed by atoms with E-state index >= 15 is 0 Å². The van der Waals surface area contributed by atoms with Crippen molar-refractivity contribution in [3.8, 4) is 5.75 Å². The Morgan fingerprint density at radius 1 is 1.43 bits per heavy atom. The van der Waals surface area contributed by atoms with Crippen molar-refractivity contribution in [2.45, 2.75) is 6.92 Å². The van der Waals surface area contributed by atoms with Gasteiger partial charge in [-0.1, -0.05) is 11.6 Å². The van der Waals surface area contributed by atoms with Crippen LogP contribution in [0.5, 0.6) is 5.75 Å².